The molecule has 21 heavy (non-hydrogen) atoms. The molecule has 1 aromatic carbocycles. The maximum absolute atomic E-state index is 10.8. The maximum atomic E-state index is 10.8. The number of rotatable bonds is 4. The minimum absolute atomic E-state index is 0.0835. The van der Waals surface area contributed by atoms with Crippen LogP contribution in [0.4, 0.5) is 0 Å². The summed E-state index contributed by atoms with van der Waals surface area (Å²) in [6.07, 6.45) is -0.458. The van der Waals surface area contributed by atoms with Crippen molar-refractivity contribution in [2.24, 2.45) is 5.73 Å². The van der Waals surface area contributed by atoms with Gasteiger partial charge in [0.05, 0.1) is 5.75 Å². The monoisotopic (exact) mass is 307 g/mol. The molecule has 1 unspecified atom stereocenters. The molecule has 8 nitrogen and oxygen atoms in total. The number of carbonyl (C=O) groups is 1. The Morgan fingerprint density at radius 1 is 1.38 bits per heavy atom. The summed E-state index contributed by atoms with van der Waals surface area (Å²) < 4.78 is 12.7. The molecule has 2 heterocycles. The molecule has 1 amide bonds. The number of thioether (sulfide) groups is 1. The zero-order valence-corrected chi connectivity index (χ0v) is 11.7. The predicted octanol–water partition coefficient (Wildman–Crippen LogP) is 0.0818. The number of benzene rings is 1. The summed E-state index contributed by atoms with van der Waals surface area (Å²) in [6.45, 7) is 0.285. The minimum Gasteiger partial charge on any atom is -0.485 e. The van der Waals surface area contributed by atoms with Crippen molar-refractivity contribution in [2.45, 2.75) is 11.3 Å². The number of fused-ring (bicyclic) bond motifs is 1. The highest BCUT2D eigenvalue weighted by molar-refractivity contribution is 7.99. The van der Waals surface area contributed by atoms with Crippen LogP contribution in [0.1, 0.15) is 11.9 Å². The lowest BCUT2D eigenvalue weighted by Crippen LogP contribution is -2.27. The highest BCUT2D eigenvalue weighted by atomic mass is 32.2. The predicted molar refractivity (Wildman–Crippen MR) is 75.4 cm³/mol. The van der Waals surface area contributed by atoms with E-state index < -0.39 is 12.0 Å². The molecule has 2 aromatic rings. The third-order valence-corrected chi connectivity index (χ3v) is 3.80. The Bertz CT molecular complexity index is 675. The summed E-state index contributed by atoms with van der Waals surface area (Å²) in [6, 6.07) is 7.35. The average molecular weight is 307 g/mol. The number of carbonyl (C=O) groups excluding carboxylic acids is 1. The Kier molecular flexibility index (Phi) is 3.57. The fraction of sp³-hybridized carbons (Fsp3) is 0.250. The van der Waals surface area contributed by atoms with Crippen LogP contribution in [0.5, 0.6) is 11.5 Å². The standard InChI is InChI=1S/C12H13N5O3S/c13-10(18)6-21-12-16-15-11(17(12)14)9-5-19-7-3-1-2-4-8(7)20-9/h1-4,9H,5-6,14H2,(H2,13,18). The van der Waals surface area contributed by atoms with Crippen LogP contribution in [0, 0.1) is 0 Å². The van der Waals surface area contributed by atoms with E-state index in [0.29, 0.717) is 22.5 Å². The van der Waals surface area contributed by atoms with Crippen molar-refractivity contribution < 1.29 is 14.3 Å². The SMILES string of the molecule is NC(=O)CSc1nnc(C2COc3ccccc3O2)n1N. The summed E-state index contributed by atoms with van der Waals surface area (Å²) >= 11 is 1.12. The summed E-state index contributed by atoms with van der Waals surface area (Å²) in [7, 11) is 0. The zero-order chi connectivity index (χ0) is 14.8. The summed E-state index contributed by atoms with van der Waals surface area (Å²) in [4.78, 5) is 10.8. The van der Waals surface area contributed by atoms with E-state index in [-0.39, 0.29) is 12.4 Å². The van der Waals surface area contributed by atoms with Gasteiger partial charge in [-0.15, -0.1) is 10.2 Å². The number of primary amides is 1. The average Bonchev–Trinajstić information content (AvgIpc) is 2.85. The number of nitrogens with zero attached hydrogens (tertiary/aromatic N) is 3. The molecule has 4 N–H and O–H groups in total. The Hall–Kier alpha value is -2.42. The van der Waals surface area contributed by atoms with Crippen LogP contribution in [0.3, 0.4) is 0 Å². The van der Waals surface area contributed by atoms with Crippen LogP contribution in [0.2, 0.25) is 0 Å². The fourth-order valence-corrected chi connectivity index (χ4v) is 2.49. The van der Waals surface area contributed by atoms with E-state index in [0.717, 1.165) is 11.8 Å². The first-order chi connectivity index (χ1) is 10.1. The number of hydrogen-bond donors (Lipinski definition) is 2. The van der Waals surface area contributed by atoms with Crippen molar-refractivity contribution in [3.63, 3.8) is 0 Å². The second-order valence-corrected chi connectivity index (χ2v) is 5.27. The first kappa shape index (κ1) is 13.6. The first-order valence-corrected chi connectivity index (χ1v) is 7.13. The molecule has 0 bridgehead atoms. The third-order valence-electron chi connectivity index (χ3n) is 2.83. The van der Waals surface area contributed by atoms with E-state index in [2.05, 4.69) is 10.2 Å². The van der Waals surface area contributed by atoms with E-state index in [9.17, 15) is 4.79 Å². The van der Waals surface area contributed by atoms with Gasteiger partial charge in [-0.2, -0.15) is 0 Å². The van der Waals surface area contributed by atoms with Gasteiger partial charge in [-0.1, -0.05) is 23.9 Å². The number of para-hydroxylation sites is 2. The lowest BCUT2D eigenvalue weighted by atomic mass is 10.2. The molecule has 1 aliphatic rings. The fourth-order valence-electron chi connectivity index (χ4n) is 1.89. The molecule has 0 spiro atoms. The lowest BCUT2D eigenvalue weighted by molar-refractivity contribution is -0.115. The van der Waals surface area contributed by atoms with Crippen LogP contribution in [-0.4, -0.2) is 33.1 Å². The Labute approximate surface area is 124 Å². The van der Waals surface area contributed by atoms with Crippen molar-refractivity contribution >= 4 is 17.7 Å². The van der Waals surface area contributed by atoms with Gasteiger partial charge < -0.3 is 21.1 Å². The number of aromatic nitrogens is 3. The van der Waals surface area contributed by atoms with Crippen molar-refractivity contribution in [3.8, 4) is 11.5 Å². The largest absolute Gasteiger partial charge is 0.485 e. The van der Waals surface area contributed by atoms with Crippen molar-refractivity contribution in [1.29, 1.82) is 0 Å². The molecule has 1 aliphatic heterocycles. The first-order valence-electron chi connectivity index (χ1n) is 6.15. The molecule has 1 aromatic heterocycles. The van der Waals surface area contributed by atoms with Crippen molar-refractivity contribution in [1.82, 2.24) is 14.9 Å². The van der Waals surface area contributed by atoms with Gasteiger partial charge in [0.15, 0.2) is 23.4 Å². The minimum atomic E-state index is -0.458. The van der Waals surface area contributed by atoms with Gasteiger partial charge in [0.1, 0.15) is 6.61 Å². The van der Waals surface area contributed by atoms with E-state index in [4.69, 9.17) is 21.1 Å². The summed E-state index contributed by atoms with van der Waals surface area (Å²) in [5, 5.41) is 8.32. The second-order valence-electron chi connectivity index (χ2n) is 4.33. The molecule has 0 radical (unpaired) electrons. The van der Waals surface area contributed by atoms with Crippen LogP contribution >= 0.6 is 11.8 Å². The topological polar surface area (TPSA) is 118 Å². The molecular weight excluding hydrogens is 294 g/mol. The number of amides is 1. The Balaban J connectivity index is 1.78. The Morgan fingerprint density at radius 3 is 2.90 bits per heavy atom. The number of ether oxygens (including phenoxy) is 2. The number of nitrogens with two attached hydrogens (primary N) is 2. The quantitative estimate of drug-likeness (QED) is 0.606. The second kappa shape index (κ2) is 5.52. The van der Waals surface area contributed by atoms with Gasteiger partial charge in [0.25, 0.3) is 0 Å². The van der Waals surface area contributed by atoms with Crippen LogP contribution < -0.4 is 21.1 Å². The van der Waals surface area contributed by atoms with Gasteiger partial charge in [-0.3, -0.25) is 4.79 Å². The zero-order valence-electron chi connectivity index (χ0n) is 10.9. The smallest absolute Gasteiger partial charge is 0.227 e. The molecule has 1 atom stereocenters. The molecule has 0 saturated carbocycles. The summed E-state index contributed by atoms with van der Waals surface area (Å²) in [5.74, 6) is 7.29. The molecule has 9 heteroatoms. The number of hydrogen-bond acceptors (Lipinski definition) is 7. The van der Waals surface area contributed by atoms with Crippen molar-refractivity contribution in [3.05, 3.63) is 30.1 Å². The van der Waals surface area contributed by atoms with Crippen LogP contribution in [-0.2, 0) is 4.79 Å². The van der Waals surface area contributed by atoms with Crippen LogP contribution in [0.25, 0.3) is 0 Å². The van der Waals surface area contributed by atoms with Gasteiger partial charge in [0, 0.05) is 0 Å². The highest BCUT2D eigenvalue weighted by Gasteiger charge is 2.28. The van der Waals surface area contributed by atoms with Gasteiger partial charge >= 0.3 is 0 Å². The highest BCUT2D eigenvalue weighted by Crippen LogP contribution is 2.35. The maximum Gasteiger partial charge on any atom is 0.227 e. The summed E-state index contributed by atoms with van der Waals surface area (Å²) in [5.41, 5.74) is 5.09. The van der Waals surface area contributed by atoms with E-state index in [1.54, 1.807) is 0 Å². The van der Waals surface area contributed by atoms with Gasteiger partial charge in [-0.25, -0.2) is 4.68 Å². The van der Waals surface area contributed by atoms with Gasteiger partial charge in [-0.05, 0) is 12.1 Å². The molecule has 3 rings (SSSR count). The van der Waals surface area contributed by atoms with Crippen LogP contribution in [0.15, 0.2) is 29.4 Å². The van der Waals surface area contributed by atoms with Gasteiger partial charge in [0.2, 0.25) is 11.1 Å². The molecule has 110 valence electrons. The van der Waals surface area contributed by atoms with E-state index in [1.807, 2.05) is 24.3 Å². The Morgan fingerprint density at radius 2 is 2.14 bits per heavy atom. The van der Waals surface area contributed by atoms with Crippen molar-refractivity contribution in [2.75, 3.05) is 18.2 Å². The normalized spacial score (nSPS) is 16.7. The molecule has 0 fully saturated rings. The third kappa shape index (κ3) is 2.72. The molecule has 0 aliphatic carbocycles. The lowest BCUT2D eigenvalue weighted by Gasteiger charge is -2.25. The number of nitrogen functional groups attached to an aromatic ring is 1. The van der Waals surface area contributed by atoms with E-state index in [1.165, 1.54) is 4.68 Å². The molecular formula is C12H13N5O3S. The molecule has 0 saturated heterocycles. The van der Waals surface area contributed by atoms with E-state index >= 15 is 0 Å².